The van der Waals surface area contributed by atoms with Crippen molar-refractivity contribution < 1.29 is 24.0 Å². The number of benzene rings is 1. The molecule has 306 valence electrons. The van der Waals surface area contributed by atoms with Crippen molar-refractivity contribution in [1.29, 1.82) is 5.26 Å². The quantitative estimate of drug-likeness (QED) is 0.205. The molecule has 1 unspecified atom stereocenters. The Kier molecular flexibility index (Phi) is 10.3. The number of fused-ring (bicyclic) bond motifs is 2. The summed E-state index contributed by atoms with van der Waals surface area (Å²) in [4.78, 5) is 76.3. The molecule has 5 aromatic rings. The van der Waals surface area contributed by atoms with Crippen LogP contribution in [0.15, 0.2) is 54.9 Å². The van der Waals surface area contributed by atoms with Crippen LogP contribution >= 0.6 is 11.3 Å². The maximum Gasteiger partial charge on any atom is 0.262 e. The van der Waals surface area contributed by atoms with Crippen LogP contribution in [-0.4, -0.2) is 120 Å². The van der Waals surface area contributed by atoms with Crippen molar-refractivity contribution in [1.82, 2.24) is 44.8 Å². The minimum absolute atomic E-state index is 0.0693. The van der Waals surface area contributed by atoms with Gasteiger partial charge in [-0.1, -0.05) is 17.4 Å². The van der Waals surface area contributed by atoms with Crippen LogP contribution in [0.4, 0.5) is 10.8 Å². The van der Waals surface area contributed by atoms with Crippen molar-refractivity contribution in [3.8, 4) is 28.0 Å². The summed E-state index contributed by atoms with van der Waals surface area (Å²) in [5, 5.41) is 30.1. The summed E-state index contributed by atoms with van der Waals surface area (Å²) in [6.45, 7) is 8.65. The molecule has 4 aliphatic heterocycles. The van der Waals surface area contributed by atoms with Crippen LogP contribution in [0, 0.1) is 17.2 Å². The summed E-state index contributed by atoms with van der Waals surface area (Å²) in [5.41, 5.74) is 5.96. The molecule has 0 radical (unpaired) electrons. The molecule has 1 aromatic carbocycles. The predicted molar refractivity (Wildman–Crippen MR) is 221 cm³/mol. The number of carbonyl (C=O) groups is 5. The molecular formula is C42H42N12O5S. The van der Waals surface area contributed by atoms with Gasteiger partial charge in [-0.3, -0.25) is 44.1 Å². The highest BCUT2D eigenvalue weighted by Gasteiger charge is 2.44. The molecule has 2 N–H and O–H groups in total. The molecule has 0 saturated carbocycles. The molecule has 18 heteroatoms. The number of amides is 5. The molecule has 1 atom stereocenters. The second-order valence-electron chi connectivity index (χ2n) is 15.9. The highest BCUT2D eigenvalue weighted by atomic mass is 32.1. The van der Waals surface area contributed by atoms with E-state index in [-0.39, 0.29) is 41.8 Å². The molecule has 3 saturated heterocycles. The number of hydrogen-bond donors (Lipinski definition) is 2. The number of hydrogen-bond acceptors (Lipinski definition) is 14. The fourth-order valence-corrected chi connectivity index (χ4v) is 9.41. The Hall–Kier alpha value is -6.58. The second-order valence-corrected chi connectivity index (χ2v) is 16.9. The Bertz CT molecular complexity index is 2600. The zero-order valence-corrected chi connectivity index (χ0v) is 33.9. The van der Waals surface area contributed by atoms with Crippen LogP contribution < -0.4 is 15.5 Å². The lowest BCUT2D eigenvalue weighted by Crippen LogP contribution is -2.54. The number of piperidine rings is 2. The molecular weight excluding hydrogens is 785 g/mol. The van der Waals surface area contributed by atoms with Crippen molar-refractivity contribution in [3.05, 3.63) is 77.1 Å². The van der Waals surface area contributed by atoms with E-state index < -0.39 is 29.7 Å². The van der Waals surface area contributed by atoms with E-state index in [1.807, 2.05) is 35.4 Å². The molecule has 8 heterocycles. The van der Waals surface area contributed by atoms with Crippen molar-refractivity contribution in [2.24, 2.45) is 5.92 Å². The number of aromatic nitrogens is 5. The molecule has 60 heavy (non-hydrogen) atoms. The van der Waals surface area contributed by atoms with Gasteiger partial charge >= 0.3 is 0 Å². The molecule has 17 nitrogen and oxygen atoms in total. The number of rotatable bonds is 9. The minimum atomic E-state index is -0.998. The Labute approximate surface area is 349 Å². The lowest BCUT2D eigenvalue weighted by Gasteiger charge is -2.38. The van der Waals surface area contributed by atoms with Gasteiger partial charge in [-0.15, -0.1) is 10.2 Å². The van der Waals surface area contributed by atoms with E-state index in [1.54, 1.807) is 28.9 Å². The Balaban J connectivity index is 0.788. The third-order valence-electron chi connectivity index (χ3n) is 11.6. The van der Waals surface area contributed by atoms with Crippen molar-refractivity contribution in [3.63, 3.8) is 0 Å². The van der Waals surface area contributed by atoms with Gasteiger partial charge in [0.15, 0.2) is 5.01 Å². The zero-order chi connectivity index (χ0) is 41.7. The van der Waals surface area contributed by atoms with Gasteiger partial charge in [-0.05, 0) is 88.2 Å². The van der Waals surface area contributed by atoms with Crippen LogP contribution in [-0.2, 0) is 20.9 Å². The van der Waals surface area contributed by atoms with E-state index in [2.05, 4.69) is 55.6 Å². The Morgan fingerprint density at radius 2 is 1.70 bits per heavy atom. The SMILES string of the molecule is CC(C)Nc1cc(-c2ccc3cc(C#N)cnn23)ncc1-c1nnc(N2CCN(C(=O)C3CCN(Cc4ccc5c(c4)C(=O)N(C4CCC(=O)NC4=O)C5=O)CC3)CC2)s1. The number of nitrogens with zero attached hydrogens (tertiary/aromatic N) is 10. The van der Waals surface area contributed by atoms with Crippen LogP contribution in [0.1, 0.15) is 71.4 Å². The van der Waals surface area contributed by atoms with Crippen LogP contribution in [0.5, 0.6) is 0 Å². The topological polar surface area (TPSA) is 202 Å². The number of likely N-dealkylation sites (tertiary alicyclic amines) is 1. The van der Waals surface area contributed by atoms with E-state index in [4.69, 9.17) is 4.98 Å². The molecule has 0 spiro atoms. The maximum atomic E-state index is 13.7. The summed E-state index contributed by atoms with van der Waals surface area (Å²) in [6.07, 6.45) is 4.99. The Morgan fingerprint density at radius 3 is 2.45 bits per heavy atom. The van der Waals surface area contributed by atoms with Gasteiger partial charge < -0.3 is 15.1 Å². The van der Waals surface area contributed by atoms with Crippen molar-refractivity contribution >= 4 is 57.2 Å². The molecule has 0 aliphatic carbocycles. The summed E-state index contributed by atoms with van der Waals surface area (Å²) in [6, 6.07) is 14.1. The summed E-state index contributed by atoms with van der Waals surface area (Å²) in [5.74, 6) is -1.96. The number of carbonyl (C=O) groups excluding carboxylic acids is 5. The van der Waals surface area contributed by atoms with Gasteiger partial charge in [-0.25, -0.2) is 4.52 Å². The van der Waals surface area contributed by atoms with Crippen LogP contribution in [0.2, 0.25) is 0 Å². The zero-order valence-electron chi connectivity index (χ0n) is 33.1. The number of piperazine rings is 1. The lowest BCUT2D eigenvalue weighted by molar-refractivity contribution is -0.138. The fourth-order valence-electron chi connectivity index (χ4n) is 8.49. The number of imide groups is 2. The molecule has 0 bridgehead atoms. The summed E-state index contributed by atoms with van der Waals surface area (Å²) in [7, 11) is 0. The third-order valence-corrected chi connectivity index (χ3v) is 12.6. The minimum Gasteiger partial charge on any atom is -0.382 e. The highest BCUT2D eigenvalue weighted by Crippen LogP contribution is 2.36. The standard InChI is InChI=1S/C42H42N12O5S/c1-24(2)46-32-19-33(34-6-4-28-17-26(20-43)21-45-54(28)34)44-22-31(32)38-48-49-42(60-38)52-15-13-51(14-16-52)39(57)27-9-11-50(12-10-27)23-25-3-5-29-30(18-25)41(59)53(40(29)58)35-7-8-36(55)47-37(35)56/h3-6,17-19,21-22,24,27,35H,7-16,23H2,1-2H3,(H,44,46)(H,47,55,56). The van der Waals surface area contributed by atoms with Crippen LogP contribution in [0.3, 0.4) is 0 Å². The summed E-state index contributed by atoms with van der Waals surface area (Å²) >= 11 is 1.50. The third kappa shape index (κ3) is 7.34. The number of nitriles is 1. The van der Waals surface area contributed by atoms with Gasteiger partial charge in [0.25, 0.3) is 11.8 Å². The van der Waals surface area contributed by atoms with E-state index in [0.29, 0.717) is 38.3 Å². The molecule has 5 amide bonds. The Morgan fingerprint density at radius 1 is 0.917 bits per heavy atom. The van der Waals surface area contributed by atoms with Crippen molar-refractivity contribution in [2.45, 2.75) is 58.2 Å². The summed E-state index contributed by atoms with van der Waals surface area (Å²) < 4.78 is 1.77. The smallest absolute Gasteiger partial charge is 0.262 e. The first kappa shape index (κ1) is 38.9. The van der Waals surface area contributed by atoms with Gasteiger partial charge in [0, 0.05) is 63.0 Å². The van der Waals surface area contributed by atoms with Gasteiger partial charge in [0.2, 0.25) is 22.9 Å². The number of pyridine rings is 1. The molecule has 9 rings (SSSR count). The van der Waals surface area contributed by atoms with Gasteiger partial charge in [0.05, 0.1) is 45.4 Å². The second kappa shape index (κ2) is 15.9. The van der Waals surface area contributed by atoms with E-state index >= 15 is 0 Å². The lowest BCUT2D eigenvalue weighted by atomic mass is 9.94. The molecule has 4 aromatic heterocycles. The van der Waals surface area contributed by atoms with E-state index in [9.17, 15) is 29.2 Å². The van der Waals surface area contributed by atoms with E-state index in [0.717, 1.165) is 74.7 Å². The van der Waals surface area contributed by atoms with Crippen molar-refractivity contribution in [2.75, 3.05) is 49.5 Å². The highest BCUT2D eigenvalue weighted by molar-refractivity contribution is 7.18. The molecule has 3 fully saturated rings. The average molecular weight is 827 g/mol. The normalized spacial score (nSPS) is 19.0. The number of nitrogens with one attached hydrogen (secondary N) is 2. The monoisotopic (exact) mass is 826 g/mol. The largest absolute Gasteiger partial charge is 0.382 e. The number of anilines is 2. The first-order valence-corrected chi connectivity index (χ1v) is 21.0. The van der Waals surface area contributed by atoms with E-state index in [1.165, 1.54) is 11.3 Å². The first-order valence-electron chi connectivity index (χ1n) is 20.1. The maximum absolute atomic E-state index is 13.7. The molecule has 4 aliphatic rings. The van der Waals surface area contributed by atoms with Gasteiger partial charge in [-0.2, -0.15) is 10.4 Å². The average Bonchev–Trinajstić information content (AvgIpc) is 3.97. The van der Waals surface area contributed by atoms with Crippen LogP contribution in [0.25, 0.3) is 27.5 Å². The fraction of sp³-hybridized carbons (Fsp3) is 0.381. The predicted octanol–water partition coefficient (Wildman–Crippen LogP) is 3.57. The van der Waals surface area contributed by atoms with Gasteiger partial charge in [0.1, 0.15) is 12.1 Å². The first-order chi connectivity index (χ1) is 29.0.